The summed E-state index contributed by atoms with van der Waals surface area (Å²) in [6.07, 6.45) is 0. The molecule has 0 amide bonds. The average Bonchev–Trinajstić information content (AvgIpc) is 2.63. The summed E-state index contributed by atoms with van der Waals surface area (Å²) in [5.74, 6) is 0.170. The molecule has 1 aromatic heterocycles. The predicted octanol–water partition coefficient (Wildman–Crippen LogP) is 1.73. The summed E-state index contributed by atoms with van der Waals surface area (Å²) in [5, 5.41) is 19.2. The van der Waals surface area contributed by atoms with E-state index in [2.05, 4.69) is 17.1 Å². The first-order valence-corrected chi connectivity index (χ1v) is 8.88. The van der Waals surface area contributed by atoms with Crippen LogP contribution in [0.2, 0.25) is 0 Å². The molecule has 24 heavy (non-hydrogen) atoms. The molecule has 2 N–H and O–H groups in total. The third-order valence-electron chi connectivity index (χ3n) is 3.44. The van der Waals surface area contributed by atoms with Gasteiger partial charge < -0.3 is 0 Å². The van der Waals surface area contributed by atoms with Gasteiger partial charge in [-0.2, -0.15) is 0 Å². The topological polar surface area (TPSA) is 86.5 Å². The van der Waals surface area contributed by atoms with Crippen molar-refractivity contribution < 1.29 is 0 Å². The van der Waals surface area contributed by atoms with Crippen molar-refractivity contribution in [2.75, 3.05) is 5.73 Å². The minimum atomic E-state index is -0.169. The Morgan fingerprint density at radius 1 is 0.833 bits per heavy atom. The molecule has 0 radical (unpaired) electrons. The number of nitrogens with two attached hydrogens (primary N) is 1. The van der Waals surface area contributed by atoms with E-state index in [0.717, 1.165) is 10.0 Å². The second-order valence-corrected chi connectivity index (χ2v) is 7.16. The fourth-order valence-electron chi connectivity index (χ4n) is 2.37. The molecule has 114 valence electrons. The second kappa shape index (κ2) is 6.98. The van der Waals surface area contributed by atoms with Crippen molar-refractivity contribution >= 4 is 29.8 Å². The molecule has 3 aromatic rings. The summed E-state index contributed by atoms with van der Waals surface area (Å²) >= 11 is -0.169. The van der Waals surface area contributed by atoms with Crippen molar-refractivity contribution in [2.45, 2.75) is 0 Å². The Labute approximate surface area is 146 Å². The molecule has 4 nitrogen and oxygen atoms in total. The van der Waals surface area contributed by atoms with Crippen LogP contribution in [0.4, 0.5) is 5.82 Å². The number of aromatic nitrogens is 1. The van der Waals surface area contributed by atoms with Crippen LogP contribution in [-0.4, -0.2) is 19.9 Å². The van der Waals surface area contributed by atoms with Crippen molar-refractivity contribution in [2.24, 2.45) is 0 Å². The molecule has 0 spiro atoms. The van der Waals surface area contributed by atoms with Gasteiger partial charge in [0.05, 0.1) is 0 Å². The van der Waals surface area contributed by atoms with Gasteiger partial charge in [0.1, 0.15) is 0 Å². The molecule has 0 aliphatic heterocycles. The van der Waals surface area contributed by atoms with Crippen LogP contribution in [0.25, 0.3) is 11.1 Å². The maximum absolute atomic E-state index is 9.72. The molecule has 0 aliphatic carbocycles. The Morgan fingerprint density at radius 2 is 1.42 bits per heavy atom. The van der Waals surface area contributed by atoms with Crippen molar-refractivity contribution in [3.05, 3.63) is 71.8 Å². The quantitative estimate of drug-likeness (QED) is 0.707. The first-order chi connectivity index (χ1) is 11.7. The van der Waals surface area contributed by atoms with Crippen LogP contribution < -0.4 is 14.8 Å². The number of hydrogen-bond acceptors (Lipinski definition) is 4. The minimum absolute atomic E-state index is 0.169. The Morgan fingerprint density at radius 3 is 2.00 bits per heavy atom. The zero-order valence-corrected chi connectivity index (χ0v) is 14.3. The van der Waals surface area contributed by atoms with Crippen LogP contribution in [0.5, 0.6) is 0 Å². The average molecular weight is 375 g/mol. The van der Waals surface area contributed by atoms with E-state index in [-0.39, 0.29) is 26.3 Å². The Balaban J connectivity index is 2.24. The fraction of sp³-hybridized carbons (Fsp3) is 0. The van der Waals surface area contributed by atoms with Crippen LogP contribution >= 0.6 is 0 Å². The number of nitriles is 2. The zero-order valence-electron chi connectivity index (χ0n) is 12.6. The van der Waals surface area contributed by atoms with Gasteiger partial charge in [-0.1, -0.05) is 0 Å². The molecule has 0 unspecified atom stereocenters. The molecule has 0 atom stereocenters. The first-order valence-electron chi connectivity index (χ1n) is 7.16. The number of benzene rings is 2. The van der Waals surface area contributed by atoms with Crippen LogP contribution in [0, 0.1) is 22.7 Å². The van der Waals surface area contributed by atoms with Crippen LogP contribution in [-0.2, 0) is 0 Å². The Bertz CT molecular complexity index is 955. The molecule has 1 heterocycles. The number of nitrogen functional groups attached to an aromatic ring is 1. The zero-order chi connectivity index (χ0) is 16.9. The van der Waals surface area contributed by atoms with Crippen molar-refractivity contribution in [3.63, 3.8) is 0 Å². The van der Waals surface area contributed by atoms with E-state index in [1.54, 1.807) is 0 Å². The van der Waals surface area contributed by atoms with Gasteiger partial charge in [0.25, 0.3) is 0 Å². The molecule has 0 bridgehead atoms. The van der Waals surface area contributed by atoms with Gasteiger partial charge in [0.15, 0.2) is 0 Å². The SMILES string of the molecule is N#Cc1c(N)nc([Se]c2ccccc2)c(C#N)c1-c1ccccc1. The summed E-state index contributed by atoms with van der Waals surface area (Å²) in [6.45, 7) is 0. The Kier molecular flexibility index (Phi) is 4.59. The van der Waals surface area contributed by atoms with Gasteiger partial charge in [-0.15, -0.1) is 0 Å². The third kappa shape index (κ3) is 3.00. The summed E-state index contributed by atoms with van der Waals surface area (Å²) in [4.78, 5) is 4.36. The van der Waals surface area contributed by atoms with Crippen LogP contribution in [0.3, 0.4) is 0 Å². The van der Waals surface area contributed by atoms with Crippen LogP contribution in [0.1, 0.15) is 11.1 Å². The van der Waals surface area contributed by atoms with Gasteiger partial charge in [0.2, 0.25) is 0 Å². The molecule has 5 heteroatoms. The van der Waals surface area contributed by atoms with E-state index in [0.29, 0.717) is 15.7 Å². The normalized spacial score (nSPS) is 9.92. The molecule has 2 aromatic carbocycles. The molecule has 3 rings (SSSR count). The van der Waals surface area contributed by atoms with Gasteiger partial charge >= 0.3 is 146 Å². The van der Waals surface area contributed by atoms with E-state index < -0.39 is 0 Å². The number of anilines is 1. The summed E-state index contributed by atoms with van der Waals surface area (Å²) in [5.41, 5.74) is 8.06. The number of pyridine rings is 1. The fourth-order valence-corrected chi connectivity index (χ4v) is 4.28. The standard InChI is InChI=1S/C19H12N4Se/c20-11-15-17(13-7-3-1-4-8-13)16(12-21)19(23-18(15)22)24-14-9-5-2-6-10-14/h1-10H,(H2,22,23). The molecule has 0 aliphatic rings. The number of nitrogens with zero attached hydrogens (tertiary/aromatic N) is 3. The molecular weight excluding hydrogens is 363 g/mol. The molecule has 0 saturated heterocycles. The van der Waals surface area contributed by atoms with Crippen molar-refractivity contribution in [1.29, 1.82) is 10.5 Å². The van der Waals surface area contributed by atoms with E-state index in [4.69, 9.17) is 5.73 Å². The second-order valence-electron chi connectivity index (χ2n) is 4.93. The van der Waals surface area contributed by atoms with E-state index >= 15 is 0 Å². The van der Waals surface area contributed by atoms with Gasteiger partial charge in [-0.05, 0) is 0 Å². The molecule has 0 fully saturated rings. The first kappa shape index (κ1) is 15.8. The summed E-state index contributed by atoms with van der Waals surface area (Å²) in [7, 11) is 0. The van der Waals surface area contributed by atoms with Gasteiger partial charge in [-0.3, -0.25) is 0 Å². The predicted molar refractivity (Wildman–Crippen MR) is 95.0 cm³/mol. The maximum atomic E-state index is 9.72. The van der Waals surface area contributed by atoms with Crippen LogP contribution in [0.15, 0.2) is 60.7 Å². The summed E-state index contributed by atoms with van der Waals surface area (Å²) < 4.78 is 1.74. The number of hydrogen-bond donors (Lipinski definition) is 1. The van der Waals surface area contributed by atoms with Gasteiger partial charge in [-0.25, -0.2) is 0 Å². The van der Waals surface area contributed by atoms with Crippen molar-refractivity contribution in [3.8, 4) is 23.3 Å². The Hall–Kier alpha value is -3.11. The van der Waals surface area contributed by atoms with E-state index in [1.165, 1.54) is 0 Å². The summed E-state index contributed by atoms with van der Waals surface area (Å²) in [6, 6.07) is 23.6. The molecular formula is C19H12N4Se. The van der Waals surface area contributed by atoms with E-state index in [9.17, 15) is 10.5 Å². The van der Waals surface area contributed by atoms with E-state index in [1.807, 2.05) is 60.7 Å². The molecule has 0 saturated carbocycles. The number of rotatable bonds is 3. The van der Waals surface area contributed by atoms with Gasteiger partial charge in [0, 0.05) is 0 Å². The monoisotopic (exact) mass is 376 g/mol. The third-order valence-corrected chi connectivity index (χ3v) is 5.53. The van der Waals surface area contributed by atoms with Crippen molar-refractivity contribution in [1.82, 2.24) is 4.98 Å².